The van der Waals surface area contributed by atoms with Crippen molar-refractivity contribution < 1.29 is 0 Å². The summed E-state index contributed by atoms with van der Waals surface area (Å²) >= 11 is 0. The van der Waals surface area contributed by atoms with Gasteiger partial charge in [-0.3, -0.25) is 0 Å². The van der Waals surface area contributed by atoms with Crippen LogP contribution in [-0.4, -0.2) is 38.1 Å². The molecule has 16 heavy (non-hydrogen) atoms. The monoisotopic (exact) mass is 218 g/mol. The van der Waals surface area contributed by atoms with Crippen molar-refractivity contribution in [2.24, 2.45) is 0 Å². The van der Waals surface area contributed by atoms with Gasteiger partial charge in [-0.05, 0) is 44.6 Å². The predicted octanol–water partition coefficient (Wildman–Crippen LogP) is 2.39. The smallest absolute Gasteiger partial charge is 0.0366 e. The van der Waals surface area contributed by atoms with E-state index in [1.54, 1.807) is 0 Å². The van der Waals surface area contributed by atoms with Crippen molar-refractivity contribution in [3.8, 4) is 0 Å². The van der Waals surface area contributed by atoms with Crippen molar-refractivity contribution in [3.05, 3.63) is 29.8 Å². The van der Waals surface area contributed by atoms with Gasteiger partial charge in [0.1, 0.15) is 0 Å². The van der Waals surface area contributed by atoms with Crippen LogP contribution in [0.4, 0.5) is 5.69 Å². The Bertz CT molecular complexity index is 329. The molecule has 0 N–H and O–H groups in total. The van der Waals surface area contributed by atoms with E-state index < -0.39 is 0 Å². The first-order valence-corrected chi connectivity index (χ1v) is 6.21. The number of rotatable bonds is 3. The maximum Gasteiger partial charge on any atom is 0.0366 e. The van der Waals surface area contributed by atoms with Crippen LogP contribution in [0.25, 0.3) is 0 Å². The van der Waals surface area contributed by atoms with Gasteiger partial charge in [0.25, 0.3) is 0 Å². The second-order valence-corrected chi connectivity index (χ2v) is 4.87. The van der Waals surface area contributed by atoms with E-state index in [1.807, 2.05) is 0 Å². The van der Waals surface area contributed by atoms with Gasteiger partial charge in [-0.25, -0.2) is 0 Å². The van der Waals surface area contributed by atoms with E-state index in [2.05, 4.69) is 55.1 Å². The molecule has 0 aromatic heterocycles. The molecule has 2 nitrogen and oxygen atoms in total. The summed E-state index contributed by atoms with van der Waals surface area (Å²) in [6, 6.07) is 9.73. The second-order valence-electron chi connectivity index (χ2n) is 4.87. The lowest BCUT2D eigenvalue weighted by Gasteiger charge is -2.22. The fourth-order valence-corrected chi connectivity index (χ4v) is 2.34. The highest BCUT2D eigenvalue weighted by Gasteiger charge is 2.23. The zero-order valence-corrected chi connectivity index (χ0v) is 10.6. The number of likely N-dealkylation sites (N-methyl/N-ethyl adjacent to an activating group) is 1. The van der Waals surface area contributed by atoms with E-state index in [0.29, 0.717) is 6.04 Å². The van der Waals surface area contributed by atoms with Gasteiger partial charge in [0.05, 0.1) is 0 Å². The van der Waals surface area contributed by atoms with Crippen molar-refractivity contribution in [3.63, 3.8) is 0 Å². The fourth-order valence-electron chi connectivity index (χ4n) is 2.34. The molecule has 1 heterocycles. The first-order valence-electron chi connectivity index (χ1n) is 6.21. The molecule has 0 aliphatic carbocycles. The summed E-state index contributed by atoms with van der Waals surface area (Å²) in [4.78, 5) is 4.82. The third kappa shape index (κ3) is 2.38. The normalized spacial score (nSPS) is 20.8. The maximum atomic E-state index is 2.49. The quantitative estimate of drug-likeness (QED) is 0.768. The van der Waals surface area contributed by atoms with Crippen molar-refractivity contribution >= 4 is 5.69 Å². The minimum atomic E-state index is 0.714. The van der Waals surface area contributed by atoms with Crippen LogP contribution in [0.1, 0.15) is 18.9 Å². The van der Waals surface area contributed by atoms with Gasteiger partial charge in [-0.1, -0.05) is 19.1 Å². The van der Waals surface area contributed by atoms with Crippen LogP contribution in [-0.2, 0) is 6.42 Å². The Morgan fingerprint density at radius 3 is 2.44 bits per heavy atom. The molecule has 1 aromatic rings. The standard InChI is InChI=1S/C14H22N2/c1-4-12-5-7-13(8-6-12)16-10-9-14(11-16)15(2)3/h5-8,14H,4,9-11H2,1-3H3. The van der Waals surface area contributed by atoms with Crippen molar-refractivity contribution in [2.45, 2.75) is 25.8 Å². The molecule has 0 bridgehead atoms. The average Bonchev–Trinajstić information content (AvgIpc) is 2.78. The third-order valence-electron chi connectivity index (χ3n) is 3.60. The lowest BCUT2D eigenvalue weighted by Crippen LogP contribution is -2.31. The number of anilines is 1. The van der Waals surface area contributed by atoms with Gasteiger partial charge in [0.2, 0.25) is 0 Å². The average molecular weight is 218 g/mol. The molecular weight excluding hydrogens is 196 g/mol. The van der Waals surface area contributed by atoms with Crippen LogP contribution in [0.2, 0.25) is 0 Å². The number of aryl methyl sites for hydroxylation is 1. The summed E-state index contributed by atoms with van der Waals surface area (Å²) in [6.07, 6.45) is 2.41. The van der Waals surface area contributed by atoms with Crippen LogP contribution < -0.4 is 4.90 Å². The summed E-state index contributed by atoms with van der Waals surface area (Å²) in [5.74, 6) is 0. The molecule has 1 atom stereocenters. The molecule has 1 saturated heterocycles. The van der Waals surface area contributed by atoms with Gasteiger partial charge in [-0.2, -0.15) is 0 Å². The van der Waals surface area contributed by atoms with E-state index in [-0.39, 0.29) is 0 Å². The highest BCUT2D eigenvalue weighted by Crippen LogP contribution is 2.22. The topological polar surface area (TPSA) is 6.48 Å². The Kier molecular flexibility index (Phi) is 3.49. The zero-order chi connectivity index (χ0) is 11.5. The Balaban J connectivity index is 2.03. The van der Waals surface area contributed by atoms with Crippen LogP contribution in [0.5, 0.6) is 0 Å². The van der Waals surface area contributed by atoms with E-state index in [0.717, 1.165) is 6.42 Å². The maximum absolute atomic E-state index is 2.49. The molecule has 1 fully saturated rings. The van der Waals surface area contributed by atoms with Gasteiger partial charge in [-0.15, -0.1) is 0 Å². The number of nitrogens with zero attached hydrogens (tertiary/aromatic N) is 2. The summed E-state index contributed by atoms with van der Waals surface area (Å²) in [5.41, 5.74) is 2.80. The molecule has 1 aliphatic rings. The zero-order valence-electron chi connectivity index (χ0n) is 10.6. The third-order valence-corrected chi connectivity index (χ3v) is 3.60. The Morgan fingerprint density at radius 2 is 1.94 bits per heavy atom. The molecule has 0 amide bonds. The second kappa shape index (κ2) is 4.88. The lowest BCUT2D eigenvalue weighted by atomic mass is 10.1. The number of benzene rings is 1. The van der Waals surface area contributed by atoms with Crippen molar-refractivity contribution in [2.75, 3.05) is 32.1 Å². The molecule has 88 valence electrons. The largest absolute Gasteiger partial charge is 0.370 e. The number of hydrogen-bond acceptors (Lipinski definition) is 2. The highest BCUT2D eigenvalue weighted by atomic mass is 15.2. The van der Waals surface area contributed by atoms with Gasteiger partial charge in [0.15, 0.2) is 0 Å². The summed E-state index contributed by atoms with van der Waals surface area (Å²) in [5, 5.41) is 0. The van der Waals surface area contributed by atoms with E-state index in [1.165, 1.54) is 30.8 Å². The minimum Gasteiger partial charge on any atom is -0.370 e. The van der Waals surface area contributed by atoms with Crippen LogP contribution >= 0.6 is 0 Å². The van der Waals surface area contributed by atoms with Gasteiger partial charge < -0.3 is 9.80 Å². The summed E-state index contributed by atoms with van der Waals surface area (Å²) in [6.45, 7) is 4.56. The van der Waals surface area contributed by atoms with E-state index in [4.69, 9.17) is 0 Å². The Morgan fingerprint density at radius 1 is 1.25 bits per heavy atom. The van der Waals surface area contributed by atoms with Gasteiger partial charge in [0, 0.05) is 24.8 Å². The molecule has 1 aromatic carbocycles. The van der Waals surface area contributed by atoms with E-state index >= 15 is 0 Å². The minimum absolute atomic E-state index is 0.714. The molecule has 0 radical (unpaired) electrons. The SMILES string of the molecule is CCc1ccc(N2CCC(N(C)C)C2)cc1. The summed E-state index contributed by atoms with van der Waals surface area (Å²) in [7, 11) is 4.35. The molecular formula is C14H22N2. The Labute approximate surface area is 98.9 Å². The van der Waals surface area contributed by atoms with Gasteiger partial charge >= 0.3 is 0 Å². The summed E-state index contributed by atoms with van der Waals surface area (Å²) < 4.78 is 0. The molecule has 2 heteroatoms. The molecule has 2 rings (SSSR count). The Hall–Kier alpha value is -1.02. The molecule has 0 saturated carbocycles. The molecule has 1 aliphatic heterocycles. The van der Waals surface area contributed by atoms with Crippen molar-refractivity contribution in [1.82, 2.24) is 4.90 Å². The highest BCUT2D eigenvalue weighted by molar-refractivity contribution is 5.48. The molecule has 0 spiro atoms. The first kappa shape index (κ1) is 11.5. The first-order chi connectivity index (χ1) is 7.70. The lowest BCUT2D eigenvalue weighted by molar-refractivity contribution is 0.315. The number of hydrogen-bond donors (Lipinski definition) is 0. The fraction of sp³-hybridized carbons (Fsp3) is 0.571. The molecule has 1 unspecified atom stereocenters. The van der Waals surface area contributed by atoms with Crippen LogP contribution in [0, 0.1) is 0 Å². The van der Waals surface area contributed by atoms with Crippen molar-refractivity contribution in [1.29, 1.82) is 0 Å². The van der Waals surface area contributed by atoms with Crippen LogP contribution in [0.15, 0.2) is 24.3 Å². The van der Waals surface area contributed by atoms with Crippen LogP contribution in [0.3, 0.4) is 0 Å². The predicted molar refractivity (Wildman–Crippen MR) is 70.1 cm³/mol. The van der Waals surface area contributed by atoms with E-state index in [9.17, 15) is 0 Å².